The van der Waals surface area contributed by atoms with Gasteiger partial charge in [0.1, 0.15) is 0 Å². The van der Waals surface area contributed by atoms with Crippen LogP contribution in [0.5, 0.6) is 0 Å². The summed E-state index contributed by atoms with van der Waals surface area (Å²) in [5, 5.41) is 3.74. The van der Waals surface area contributed by atoms with E-state index in [4.69, 9.17) is 9.97 Å². The number of pyridine rings is 4. The van der Waals surface area contributed by atoms with Crippen LogP contribution in [0.3, 0.4) is 0 Å². The molecule has 0 amide bonds. The number of aromatic nitrogens is 4. The van der Waals surface area contributed by atoms with Crippen molar-refractivity contribution in [2.75, 3.05) is 0 Å². The van der Waals surface area contributed by atoms with Crippen LogP contribution in [0, 0.1) is 0 Å². The van der Waals surface area contributed by atoms with E-state index >= 15 is 0 Å². The second-order valence-electron chi connectivity index (χ2n) is 11.5. The molecule has 0 radical (unpaired) electrons. The van der Waals surface area contributed by atoms with Gasteiger partial charge in [-0.3, -0.25) is 9.97 Å². The fourth-order valence-electron chi connectivity index (χ4n) is 6.30. The van der Waals surface area contributed by atoms with Gasteiger partial charge in [-0.25, -0.2) is 9.97 Å². The largest absolute Gasteiger partial charge is 0.255 e. The number of nitrogens with zero attached hydrogens (tertiary/aromatic N) is 4. The molecular formula is C42H26N4S. The highest BCUT2D eigenvalue weighted by molar-refractivity contribution is 7.26. The van der Waals surface area contributed by atoms with Gasteiger partial charge in [0.2, 0.25) is 0 Å². The number of fused-ring (bicyclic) bond motifs is 5. The Hall–Kier alpha value is -6.04. The Labute approximate surface area is 275 Å². The first kappa shape index (κ1) is 27.3. The van der Waals surface area contributed by atoms with Gasteiger partial charge in [-0.2, -0.15) is 0 Å². The summed E-state index contributed by atoms with van der Waals surface area (Å²) in [5.41, 5.74) is 10.9. The molecule has 0 atom stereocenters. The molecule has 9 aromatic rings. The third-order valence-electron chi connectivity index (χ3n) is 8.59. The predicted octanol–water partition coefficient (Wildman–Crippen LogP) is 11.1. The van der Waals surface area contributed by atoms with Gasteiger partial charge in [0, 0.05) is 38.8 Å². The van der Waals surface area contributed by atoms with Crippen molar-refractivity contribution in [2.45, 2.75) is 0 Å². The van der Waals surface area contributed by atoms with Gasteiger partial charge in [0.25, 0.3) is 0 Å². The number of hydrogen-bond donors (Lipinski definition) is 0. The van der Waals surface area contributed by atoms with Crippen molar-refractivity contribution in [3.8, 4) is 56.3 Å². The maximum atomic E-state index is 5.29. The SMILES string of the molecule is c1ccc(-c2nc3cc(-c4ccc(-c5cc(-c6ccccn6)nc(-c6ccccn6)c5)cc4)ccc3c3c2sc2ccccc23)cc1. The Balaban J connectivity index is 1.15. The van der Waals surface area contributed by atoms with Crippen LogP contribution in [-0.2, 0) is 0 Å². The third-order valence-corrected chi connectivity index (χ3v) is 9.77. The second-order valence-corrected chi connectivity index (χ2v) is 12.5. The van der Waals surface area contributed by atoms with Crippen molar-refractivity contribution in [3.05, 3.63) is 158 Å². The molecule has 0 aliphatic heterocycles. The summed E-state index contributed by atoms with van der Waals surface area (Å²) in [6, 6.07) is 50.6. The van der Waals surface area contributed by atoms with Crippen molar-refractivity contribution in [1.29, 1.82) is 0 Å². The average Bonchev–Trinajstić information content (AvgIpc) is 3.55. The van der Waals surface area contributed by atoms with Crippen LogP contribution in [0.2, 0.25) is 0 Å². The Morgan fingerprint density at radius 1 is 0.404 bits per heavy atom. The van der Waals surface area contributed by atoms with E-state index in [0.717, 1.165) is 61.8 Å². The molecule has 0 fully saturated rings. The molecular weight excluding hydrogens is 593 g/mol. The molecule has 4 nitrogen and oxygen atoms in total. The molecule has 4 aromatic carbocycles. The van der Waals surface area contributed by atoms with Crippen molar-refractivity contribution in [1.82, 2.24) is 19.9 Å². The summed E-state index contributed by atoms with van der Waals surface area (Å²) < 4.78 is 2.51. The molecule has 0 N–H and O–H groups in total. The van der Waals surface area contributed by atoms with Crippen LogP contribution >= 0.6 is 11.3 Å². The summed E-state index contributed by atoms with van der Waals surface area (Å²) in [7, 11) is 0. The van der Waals surface area contributed by atoms with Gasteiger partial charge in [-0.05, 0) is 70.8 Å². The van der Waals surface area contributed by atoms with E-state index in [2.05, 4.69) is 119 Å². The molecule has 5 heteroatoms. The van der Waals surface area contributed by atoms with Gasteiger partial charge in [0.15, 0.2) is 0 Å². The van der Waals surface area contributed by atoms with Crippen LogP contribution in [0.15, 0.2) is 158 Å². The molecule has 9 rings (SSSR count). The van der Waals surface area contributed by atoms with Gasteiger partial charge in [0.05, 0.1) is 38.7 Å². The molecule has 0 spiro atoms. The van der Waals surface area contributed by atoms with E-state index in [9.17, 15) is 0 Å². The highest BCUT2D eigenvalue weighted by Crippen LogP contribution is 2.43. The molecule has 0 aliphatic carbocycles. The van der Waals surface area contributed by atoms with E-state index in [1.807, 2.05) is 47.7 Å². The topological polar surface area (TPSA) is 51.6 Å². The molecule has 0 aliphatic rings. The normalized spacial score (nSPS) is 11.4. The Morgan fingerprint density at radius 2 is 1.02 bits per heavy atom. The minimum atomic E-state index is 0.815. The van der Waals surface area contributed by atoms with Gasteiger partial charge < -0.3 is 0 Å². The van der Waals surface area contributed by atoms with Crippen molar-refractivity contribution >= 4 is 42.4 Å². The lowest BCUT2D eigenvalue weighted by Gasteiger charge is -2.11. The smallest absolute Gasteiger partial charge is 0.0900 e. The average molecular weight is 619 g/mol. The minimum Gasteiger partial charge on any atom is -0.255 e. The maximum absolute atomic E-state index is 5.29. The zero-order valence-corrected chi connectivity index (χ0v) is 26.0. The fraction of sp³-hybridized carbons (Fsp3) is 0. The highest BCUT2D eigenvalue weighted by Gasteiger charge is 2.17. The number of benzene rings is 4. The van der Waals surface area contributed by atoms with Gasteiger partial charge in [-0.15, -0.1) is 11.3 Å². The van der Waals surface area contributed by atoms with Gasteiger partial charge in [-0.1, -0.05) is 97.1 Å². The fourth-order valence-corrected chi connectivity index (χ4v) is 7.53. The van der Waals surface area contributed by atoms with Crippen molar-refractivity contribution in [2.24, 2.45) is 0 Å². The van der Waals surface area contributed by atoms with E-state index in [-0.39, 0.29) is 0 Å². The number of rotatable bonds is 5. The lowest BCUT2D eigenvalue weighted by Crippen LogP contribution is -1.94. The Kier molecular flexibility index (Phi) is 6.61. The molecule has 0 saturated carbocycles. The summed E-state index contributed by atoms with van der Waals surface area (Å²) >= 11 is 1.82. The first-order chi connectivity index (χ1) is 23.3. The zero-order valence-electron chi connectivity index (χ0n) is 25.2. The summed E-state index contributed by atoms with van der Waals surface area (Å²) in [6.07, 6.45) is 3.60. The van der Waals surface area contributed by atoms with Crippen molar-refractivity contribution in [3.63, 3.8) is 0 Å². The summed E-state index contributed by atoms with van der Waals surface area (Å²) in [5.74, 6) is 0. The predicted molar refractivity (Wildman–Crippen MR) is 195 cm³/mol. The summed E-state index contributed by atoms with van der Waals surface area (Å²) in [6.45, 7) is 0. The Bertz CT molecular complexity index is 2490. The number of hydrogen-bond acceptors (Lipinski definition) is 5. The molecule has 0 unspecified atom stereocenters. The highest BCUT2D eigenvalue weighted by atomic mass is 32.1. The van der Waals surface area contributed by atoms with E-state index in [0.29, 0.717) is 0 Å². The maximum Gasteiger partial charge on any atom is 0.0900 e. The monoisotopic (exact) mass is 618 g/mol. The van der Waals surface area contributed by atoms with Crippen LogP contribution < -0.4 is 0 Å². The second kappa shape index (κ2) is 11.4. The van der Waals surface area contributed by atoms with Crippen LogP contribution in [-0.4, -0.2) is 19.9 Å². The molecule has 220 valence electrons. The summed E-state index contributed by atoms with van der Waals surface area (Å²) in [4.78, 5) is 19.3. The third kappa shape index (κ3) is 4.94. The molecule has 47 heavy (non-hydrogen) atoms. The lowest BCUT2D eigenvalue weighted by atomic mass is 9.97. The van der Waals surface area contributed by atoms with Crippen LogP contribution in [0.25, 0.3) is 87.4 Å². The van der Waals surface area contributed by atoms with Crippen LogP contribution in [0.1, 0.15) is 0 Å². The quantitative estimate of drug-likeness (QED) is 0.193. The van der Waals surface area contributed by atoms with Crippen molar-refractivity contribution < 1.29 is 0 Å². The standard InChI is InChI=1S/C42H26N4S/c1-2-10-29(11-3-1)41-42-40(33-12-4-5-15-39(33)47-42)32-21-20-30(24-36(32)46-41)27-16-18-28(19-17-27)31-25-37(34-13-6-8-22-43-34)45-38(26-31)35-14-7-9-23-44-35/h1-26H. The zero-order chi connectivity index (χ0) is 31.2. The van der Waals surface area contributed by atoms with Gasteiger partial charge >= 0.3 is 0 Å². The molecule has 0 bridgehead atoms. The number of thiophene rings is 1. The lowest BCUT2D eigenvalue weighted by molar-refractivity contribution is 1.22. The van der Waals surface area contributed by atoms with E-state index in [1.54, 1.807) is 12.4 Å². The van der Waals surface area contributed by atoms with Crippen LogP contribution in [0.4, 0.5) is 0 Å². The Morgan fingerprint density at radius 3 is 1.70 bits per heavy atom. The minimum absolute atomic E-state index is 0.815. The first-order valence-corrected chi connectivity index (χ1v) is 16.4. The van der Waals surface area contributed by atoms with E-state index in [1.165, 1.54) is 25.6 Å². The van der Waals surface area contributed by atoms with E-state index < -0.39 is 0 Å². The first-order valence-electron chi connectivity index (χ1n) is 15.5. The molecule has 0 saturated heterocycles. The molecule has 5 aromatic heterocycles. The molecule has 5 heterocycles.